The summed E-state index contributed by atoms with van der Waals surface area (Å²) in [7, 11) is 1.87. The van der Waals surface area contributed by atoms with Crippen LogP contribution in [0.4, 0.5) is 0 Å². The van der Waals surface area contributed by atoms with Crippen LogP contribution in [0, 0.1) is 0 Å². The van der Waals surface area contributed by atoms with Crippen LogP contribution in [0.15, 0.2) is 16.8 Å². The van der Waals surface area contributed by atoms with Crippen LogP contribution in [-0.2, 0) is 0 Å². The first-order valence-electron chi connectivity index (χ1n) is 3.67. The van der Waals surface area contributed by atoms with Gasteiger partial charge in [-0.05, 0) is 14.0 Å². The van der Waals surface area contributed by atoms with Crippen molar-refractivity contribution in [1.82, 2.24) is 5.32 Å². The number of likely N-dealkylation sites (N-methyl/N-ethyl adjacent to an activating group) is 1. The quantitative estimate of drug-likeness (QED) is 0.351. The Morgan fingerprint density at radius 3 is 2.64 bits per heavy atom. The minimum absolute atomic E-state index is 0.0516. The fourth-order valence-corrected chi connectivity index (χ4v) is 0.684. The van der Waals surface area contributed by atoms with Crippen LogP contribution in [0.2, 0.25) is 0 Å². The summed E-state index contributed by atoms with van der Waals surface area (Å²) in [6.45, 7) is 4.93. The fraction of sp³-hybridized carbons (Fsp3) is 0.625. The Labute approximate surface area is 67.8 Å². The van der Waals surface area contributed by atoms with Crippen LogP contribution in [0.25, 0.3) is 0 Å². The van der Waals surface area contributed by atoms with Crippen molar-refractivity contribution < 1.29 is 5.11 Å². The largest absolute Gasteiger partial charge is 0.876 e. The molecule has 64 valence electrons. The van der Waals surface area contributed by atoms with Gasteiger partial charge in [0, 0.05) is 12.3 Å². The molecule has 0 aliphatic carbocycles. The van der Waals surface area contributed by atoms with Crippen LogP contribution in [0.3, 0.4) is 0 Å². The molecule has 0 aliphatic rings. The zero-order valence-corrected chi connectivity index (χ0v) is 7.35. The highest BCUT2D eigenvalue weighted by atomic mass is 16.3. The van der Waals surface area contributed by atoms with Gasteiger partial charge in [0.1, 0.15) is 0 Å². The lowest BCUT2D eigenvalue weighted by Crippen LogP contribution is -2.11. The summed E-state index contributed by atoms with van der Waals surface area (Å²) < 4.78 is 0. The van der Waals surface area contributed by atoms with E-state index in [4.69, 9.17) is 0 Å². The molecule has 0 fully saturated rings. The SMILES string of the molecule is CNCCN=C(C)/C=C(/C)[O-]. The van der Waals surface area contributed by atoms with Gasteiger partial charge in [0.2, 0.25) is 0 Å². The summed E-state index contributed by atoms with van der Waals surface area (Å²) in [6, 6.07) is 0. The van der Waals surface area contributed by atoms with E-state index in [1.165, 1.54) is 13.0 Å². The van der Waals surface area contributed by atoms with Crippen LogP contribution in [0.5, 0.6) is 0 Å². The molecule has 0 unspecified atom stereocenters. The van der Waals surface area contributed by atoms with Crippen molar-refractivity contribution in [2.75, 3.05) is 20.1 Å². The smallest absolute Gasteiger partial charge is 0.0517 e. The van der Waals surface area contributed by atoms with E-state index in [0.29, 0.717) is 0 Å². The molecule has 0 saturated carbocycles. The van der Waals surface area contributed by atoms with E-state index in [9.17, 15) is 5.11 Å². The molecule has 0 aromatic heterocycles. The van der Waals surface area contributed by atoms with E-state index < -0.39 is 0 Å². The lowest BCUT2D eigenvalue weighted by molar-refractivity contribution is -0.301. The maximum Gasteiger partial charge on any atom is 0.0517 e. The summed E-state index contributed by atoms with van der Waals surface area (Å²) in [5.41, 5.74) is 0.799. The highest BCUT2D eigenvalue weighted by Crippen LogP contribution is 1.84. The van der Waals surface area contributed by atoms with Crippen molar-refractivity contribution in [1.29, 1.82) is 0 Å². The molecule has 0 saturated heterocycles. The van der Waals surface area contributed by atoms with E-state index >= 15 is 0 Å². The van der Waals surface area contributed by atoms with Crippen molar-refractivity contribution in [2.24, 2.45) is 4.99 Å². The van der Waals surface area contributed by atoms with Crippen LogP contribution in [0.1, 0.15) is 13.8 Å². The van der Waals surface area contributed by atoms with E-state index in [1.54, 1.807) is 0 Å². The Kier molecular flexibility index (Phi) is 5.47. The van der Waals surface area contributed by atoms with Crippen molar-refractivity contribution in [3.63, 3.8) is 0 Å². The third kappa shape index (κ3) is 7.06. The van der Waals surface area contributed by atoms with Gasteiger partial charge in [-0.2, -0.15) is 0 Å². The van der Waals surface area contributed by atoms with Gasteiger partial charge < -0.3 is 10.4 Å². The highest BCUT2D eigenvalue weighted by molar-refractivity contribution is 5.92. The van der Waals surface area contributed by atoms with E-state index in [-0.39, 0.29) is 5.76 Å². The molecule has 0 spiro atoms. The van der Waals surface area contributed by atoms with Crippen LogP contribution >= 0.6 is 0 Å². The molecule has 11 heavy (non-hydrogen) atoms. The topological polar surface area (TPSA) is 47.5 Å². The van der Waals surface area contributed by atoms with Crippen molar-refractivity contribution in [3.05, 3.63) is 11.8 Å². The number of hydrogen-bond acceptors (Lipinski definition) is 3. The average Bonchev–Trinajstić information content (AvgIpc) is 1.86. The minimum atomic E-state index is 0.0516. The Hall–Kier alpha value is -0.830. The second-order valence-corrected chi connectivity index (χ2v) is 2.38. The van der Waals surface area contributed by atoms with Gasteiger partial charge in [0.05, 0.1) is 6.54 Å². The third-order valence-electron chi connectivity index (χ3n) is 1.14. The zero-order valence-electron chi connectivity index (χ0n) is 7.35. The summed E-state index contributed by atoms with van der Waals surface area (Å²) in [4.78, 5) is 4.13. The van der Waals surface area contributed by atoms with E-state index in [0.717, 1.165) is 18.8 Å². The predicted molar refractivity (Wildman–Crippen MR) is 45.7 cm³/mol. The Morgan fingerprint density at radius 1 is 1.55 bits per heavy atom. The number of allylic oxidation sites excluding steroid dienone is 2. The van der Waals surface area contributed by atoms with Gasteiger partial charge in [-0.1, -0.05) is 13.0 Å². The molecule has 1 N–H and O–H groups in total. The molecule has 0 aliphatic heterocycles. The second kappa shape index (κ2) is 5.92. The van der Waals surface area contributed by atoms with E-state index in [1.807, 2.05) is 14.0 Å². The Bertz CT molecular complexity index is 157. The number of nitrogens with zero attached hydrogens (tertiary/aromatic N) is 1. The minimum Gasteiger partial charge on any atom is -0.876 e. The van der Waals surface area contributed by atoms with Gasteiger partial charge in [-0.25, -0.2) is 0 Å². The maximum absolute atomic E-state index is 10.5. The van der Waals surface area contributed by atoms with Crippen molar-refractivity contribution in [2.45, 2.75) is 13.8 Å². The first-order chi connectivity index (χ1) is 5.16. The molecular weight excluding hydrogens is 140 g/mol. The van der Waals surface area contributed by atoms with Gasteiger partial charge in [-0.3, -0.25) is 4.99 Å². The lowest BCUT2D eigenvalue weighted by atomic mass is 10.3. The van der Waals surface area contributed by atoms with Gasteiger partial charge >= 0.3 is 0 Å². The standard InChI is InChI=1S/C8H16N2O/c1-7(6-8(2)11)10-5-4-9-3/h6,9,11H,4-5H2,1-3H3/p-1/b8-6-,10-7?. The van der Waals surface area contributed by atoms with Gasteiger partial charge in [0.15, 0.2) is 0 Å². The number of nitrogens with one attached hydrogen (secondary N) is 1. The van der Waals surface area contributed by atoms with Crippen LogP contribution in [-0.4, -0.2) is 25.8 Å². The van der Waals surface area contributed by atoms with Crippen LogP contribution < -0.4 is 10.4 Å². The van der Waals surface area contributed by atoms with Gasteiger partial charge in [-0.15, -0.1) is 5.76 Å². The molecule has 0 rings (SSSR count). The summed E-state index contributed by atoms with van der Waals surface area (Å²) >= 11 is 0. The summed E-state index contributed by atoms with van der Waals surface area (Å²) in [5, 5.41) is 13.5. The molecular formula is C8H15N2O-. The van der Waals surface area contributed by atoms with E-state index in [2.05, 4.69) is 10.3 Å². The molecule has 3 nitrogen and oxygen atoms in total. The monoisotopic (exact) mass is 155 g/mol. The third-order valence-corrected chi connectivity index (χ3v) is 1.14. The summed E-state index contributed by atoms with van der Waals surface area (Å²) in [5.74, 6) is 0.0516. The molecule has 0 amide bonds. The Balaban J connectivity index is 3.72. The number of rotatable bonds is 4. The fourth-order valence-electron chi connectivity index (χ4n) is 0.684. The first-order valence-corrected chi connectivity index (χ1v) is 3.67. The highest BCUT2D eigenvalue weighted by Gasteiger charge is 1.82. The predicted octanol–water partition coefficient (Wildman–Crippen LogP) is -0.0692. The average molecular weight is 155 g/mol. The first kappa shape index (κ1) is 10.2. The molecule has 0 bridgehead atoms. The molecule has 0 atom stereocenters. The van der Waals surface area contributed by atoms with Crippen molar-refractivity contribution in [3.8, 4) is 0 Å². The van der Waals surface area contributed by atoms with Crippen molar-refractivity contribution >= 4 is 5.71 Å². The molecule has 0 aromatic carbocycles. The molecule has 3 heteroatoms. The Morgan fingerprint density at radius 2 is 2.18 bits per heavy atom. The lowest BCUT2D eigenvalue weighted by Gasteiger charge is -2.02. The summed E-state index contributed by atoms with van der Waals surface area (Å²) in [6.07, 6.45) is 1.54. The normalized spacial score (nSPS) is 13.7. The molecule has 0 radical (unpaired) electrons. The molecule has 0 aromatic rings. The molecule has 0 heterocycles. The maximum atomic E-state index is 10.5. The number of aliphatic imine (C=N–C) groups is 1. The second-order valence-electron chi connectivity index (χ2n) is 2.38. The zero-order chi connectivity index (χ0) is 8.69. The number of hydrogen-bond donors (Lipinski definition) is 1. The van der Waals surface area contributed by atoms with Gasteiger partial charge in [0.25, 0.3) is 0 Å².